The quantitative estimate of drug-likeness (QED) is 0.843. The fourth-order valence-corrected chi connectivity index (χ4v) is 2.10. The number of rotatable bonds is 5. The van der Waals surface area contributed by atoms with Crippen LogP contribution in [0.3, 0.4) is 0 Å². The average molecular weight is 243 g/mol. The van der Waals surface area contributed by atoms with Gasteiger partial charge in [0, 0.05) is 5.56 Å². The summed E-state index contributed by atoms with van der Waals surface area (Å²) >= 11 is 0. The van der Waals surface area contributed by atoms with Gasteiger partial charge in [-0.2, -0.15) is 0 Å². The molecule has 1 heterocycles. The van der Waals surface area contributed by atoms with Gasteiger partial charge < -0.3 is 10.7 Å². The van der Waals surface area contributed by atoms with Crippen LogP contribution in [0.5, 0.6) is 0 Å². The third-order valence-electron chi connectivity index (χ3n) is 3.25. The van der Waals surface area contributed by atoms with E-state index in [0.717, 1.165) is 24.4 Å². The zero-order valence-corrected chi connectivity index (χ0v) is 11.1. The van der Waals surface area contributed by atoms with Crippen molar-refractivity contribution in [3.63, 3.8) is 0 Å². The number of hydrogen-bond donors (Lipinski definition) is 2. The standard InChI is InChI=1S/C15H21N3/c1-3-4-9-13(16)15-17-10-14(18-15)12-8-6-5-7-11(12)2/h5-8,10,13H,3-4,9,16H2,1-2H3,(H,17,18). The number of aromatic amines is 1. The first-order valence-corrected chi connectivity index (χ1v) is 6.59. The first-order chi connectivity index (χ1) is 8.72. The molecule has 0 aliphatic rings. The highest BCUT2D eigenvalue weighted by atomic mass is 15.0. The number of aromatic nitrogens is 2. The van der Waals surface area contributed by atoms with E-state index in [1.807, 2.05) is 18.3 Å². The smallest absolute Gasteiger partial charge is 0.123 e. The average Bonchev–Trinajstić information content (AvgIpc) is 2.86. The molecular formula is C15H21N3. The highest BCUT2D eigenvalue weighted by Gasteiger charge is 2.11. The summed E-state index contributed by atoms with van der Waals surface area (Å²) in [5, 5.41) is 0. The molecular weight excluding hydrogens is 222 g/mol. The molecule has 1 unspecified atom stereocenters. The minimum atomic E-state index is 0.0164. The Morgan fingerprint density at radius 1 is 1.33 bits per heavy atom. The second-order valence-electron chi connectivity index (χ2n) is 4.75. The summed E-state index contributed by atoms with van der Waals surface area (Å²) < 4.78 is 0. The van der Waals surface area contributed by atoms with Gasteiger partial charge in [-0.1, -0.05) is 44.0 Å². The summed E-state index contributed by atoms with van der Waals surface area (Å²) in [6.07, 6.45) is 5.17. The topological polar surface area (TPSA) is 54.7 Å². The van der Waals surface area contributed by atoms with E-state index in [1.54, 1.807) is 0 Å². The largest absolute Gasteiger partial charge is 0.341 e. The Kier molecular flexibility index (Phi) is 4.15. The van der Waals surface area contributed by atoms with E-state index < -0.39 is 0 Å². The Bertz CT molecular complexity index is 502. The van der Waals surface area contributed by atoms with Gasteiger partial charge in [0.2, 0.25) is 0 Å². The zero-order valence-electron chi connectivity index (χ0n) is 11.1. The van der Waals surface area contributed by atoms with Gasteiger partial charge in [-0.05, 0) is 18.9 Å². The lowest BCUT2D eigenvalue weighted by Crippen LogP contribution is -2.11. The molecule has 0 bridgehead atoms. The van der Waals surface area contributed by atoms with Gasteiger partial charge in [-0.25, -0.2) is 4.98 Å². The van der Waals surface area contributed by atoms with Crippen LogP contribution in [-0.4, -0.2) is 9.97 Å². The third-order valence-corrected chi connectivity index (χ3v) is 3.25. The van der Waals surface area contributed by atoms with Crippen LogP contribution in [0.4, 0.5) is 0 Å². The molecule has 0 spiro atoms. The van der Waals surface area contributed by atoms with Crippen LogP contribution in [0.1, 0.15) is 43.6 Å². The van der Waals surface area contributed by atoms with E-state index in [9.17, 15) is 0 Å². The lowest BCUT2D eigenvalue weighted by molar-refractivity contribution is 0.580. The molecule has 2 aromatic rings. The molecule has 18 heavy (non-hydrogen) atoms. The van der Waals surface area contributed by atoms with Crippen molar-refractivity contribution in [1.82, 2.24) is 9.97 Å². The number of H-pyrrole nitrogens is 1. The summed E-state index contributed by atoms with van der Waals surface area (Å²) in [7, 11) is 0. The van der Waals surface area contributed by atoms with Gasteiger partial charge in [0.25, 0.3) is 0 Å². The number of benzene rings is 1. The number of unbranched alkanes of at least 4 members (excludes halogenated alkanes) is 1. The van der Waals surface area contributed by atoms with Crippen molar-refractivity contribution in [2.24, 2.45) is 5.73 Å². The summed E-state index contributed by atoms with van der Waals surface area (Å²) in [4.78, 5) is 7.75. The Labute approximate surface area is 108 Å². The number of aryl methyl sites for hydroxylation is 1. The second kappa shape index (κ2) is 5.83. The first kappa shape index (κ1) is 12.8. The Morgan fingerprint density at radius 3 is 2.83 bits per heavy atom. The molecule has 3 heteroatoms. The second-order valence-corrected chi connectivity index (χ2v) is 4.75. The van der Waals surface area contributed by atoms with Crippen LogP contribution in [0.25, 0.3) is 11.3 Å². The van der Waals surface area contributed by atoms with Crippen molar-refractivity contribution >= 4 is 0 Å². The van der Waals surface area contributed by atoms with Gasteiger partial charge in [0.1, 0.15) is 5.82 Å². The Morgan fingerprint density at radius 2 is 2.11 bits per heavy atom. The maximum Gasteiger partial charge on any atom is 0.123 e. The van der Waals surface area contributed by atoms with E-state index in [1.165, 1.54) is 17.5 Å². The molecule has 0 saturated carbocycles. The fourth-order valence-electron chi connectivity index (χ4n) is 2.10. The van der Waals surface area contributed by atoms with E-state index in [2.05, 4.69) is 35.9 Å². The number of imidazole rings is 1. The monoisotopic (exact) mass is 243 g/mol. The van der Waals surface area contributed by atoms with Crippen LogP contribution in [-0.2, 0) is 0 Å². The van der Waals surface area contributed by atoms with Crippen LogP contribution < -0.4 is 5.73 Å². The highest BCUT2D eigenvalue weighted by Crippen LogP contribution is 2.23. The lowest BCUT2D eigenvalue weighted by Gasteiger charge is -2.07. The van der Waals surface area contributed by atoms with Crippen LogP contribution >= 0.6 is 0 Å². The van der Waals surface area contributed by atoms with Crippen LogP contribution in [0, 0.1) is 6.92 Å². The molecule has 1 aromatic heterocycles. The molecule has 0 radical (unpaired) electrons. The molecule has 0 aliphatic carbocycles. The number of nitrogens with one attached hydrogen (secondary N) is 1. The summed E-state index contributed by atoms with van der Waals surface area (Å²) in [6, 6.07) is 8.31. The predicted octanol–water partition coefficient (Wildman–Crippen LogP) is 3.58. The van der Waals surface area contributed by atoms with E-state index >= 15 is 0 Å². The third kappa shape index (κ3) is 2.79. The normalized spacial score (nSPS) is 12.6. The zero-order chi connectivity index (χ0) is 13.0. The van der Waals surface area contributed by atoms with Gasteiger partial charge in [-0.15, -0.1) is 0 Å². The molecule has 0 fully saturated rings. The van der Waals surface area contributed by atoms with Crippen LogP contribution in [0.15, 0.2) is 30.5 Å². The fraction of sp³-hybridized carbons (Fsp3) is 0.400. The van der Waals surface area contributed by atoms with Crippen molar-refractivity contribution in [1.29, 1.82) is 0 Å². The minimum Gasteiger partial charge on any atom is -0.341 e. The molecule has 96 valence electrons. The van der Waals surface area contributed by atoms with E-state index in [-0.39, 0.29) is 6.04 Å². The molecule has 0 aliphatic heterocycles. The molecule has 2 rings (SSSR count). The van der Waals surface area contributed by atoms with Gasteiger partial charge in [0.05, 0.1) is 17.9 Å². The van der Waals surface area contributed by atoms with Crippen molar-refractivity contribution in [2.45, 2.75) is 39.2 Å². The predicted molar refractivity (Wildman–Crippen MR) is 75.2 cm³/mol. The summed E-state index contributed by atoms with van der Waals surface area (Å²) in [5.74, 6) is 0.890. The summed E-state index contributed by atoms with van der Waals surface area (Å²) in [5.41, 5.74) is 9.61. The SMILES string of the molecule is CCCCC(N)c1ncc(-c2ccccc2C)[nH]1. The summed E-state index contributed by atoms with van der Waals surface area (Å²) in [6.45, 7) is 4.28. The Hall–Kier alpha value is -1.61. The van der Waals surface area contributed by atoms with Gasteiger partial charge >= 0.3 is 0 Å². The molecule has 1 atom stereocenters. The molecule has 0 saturated heterocycles. The van der Waals surface area contributed by atoms with Crippen molar-refractivity contribution in [3.05, 3.63) is 41.9 Å². The highest BCUT2D eigenvalue weighted by molar-refractivity contribution is 5.62. The number of nitrogens with zero attached hydrogens (tertiary/aromatic N) is 1. The van der Waals surface area contributed by atoms with Gasteiger partial charge in [0.15, 0.2) is 0 Å². The number of nitrogens with two attached hydrogens (primary N) is 1. The van der Waals surface area contributed by atoms with E-state index in [4.69, 9.17) is 5.73 Å². The molecule has 1 aromatic carbocycles. The molecule has 3 N–H and O–H groups in total. The van der Waals surface area contributed by atoms with Crippen molar-refractivity contribution in [3.8, 4) is 11.3 Å². The van der Waals surface area contributed by atoms with Crippen molar-refractivity contribution in [2.75, 3.05) is 0 Å². The lowest BCUT2D eigenvalue weighted by atomic mass is 10.1. The van der Waals surface area contributed by atoms with Crippen molar-refractivity contribution < 1.29 is 0 Å². The maximum absolute atomic E-state index is 6.12. The molecule has 0 amide bonds. The first-order valence-electron chi connectivity index (χ1n) is 6.59. The Balaban J connectivity index is 2.18. The number of hydrogen-bond acceptors (Lipinski definition) is 2. The van der Waals surface area contributed by atoms with Crippen LogP contribution in [0.2, 0.25) is 0 Å². The van der Waals surface area contributed by atoms with E-state index in [0.29, 0.717) is 0 Å². The minimum absolute atomic E-state index is 0.0164. The maximum atomic E-state index is 6.12. The molecule has 3 nitrogen and oxygen atoms in total. The van der Waals surface area contributed by atoms with Gasteiger partial charge in [-0.3, -0.25) is 0 Å².